The Morgan fingerprint density at radius 3 is 1.39 bits per heavy atom. The van der Waals surface area contributed by atoms with E-state index in [-0.39, 0.29) is 43.5 Å². The molecule has 9 nitrogen and oxygen atoms in total. The maximum atomic E-state index is 12.7. The first-order valence-corrected chi connectivity index (χ1v) is 23.4. The fourth-order valence-corrected chi connectivity index (χ4v) is 6.62. The maximum absolute atomic E-state index is 12.7. The van der Waals surface area contributed by atoms with Crippen LogP contribution in [-0.4, -0.2) is 90.9 Å². The first-order valence-electron chi connectivity index (χ1n) is 23.0. The Labute approximate surface area is 349 Å². The number of ether oxygens (including phenoxy) is 3. The topological polar surface area (TPSA) is 118 Å². The Balaban J connectivity index is 4.41. The van der Waals surface area contributed by atoms with Crippen LogP contribution in [0.4, 0.5) is 0 Å². The second-order valence-corrected chi connectivity index (χ2v) is 15.6. The summed E-state index contributed by atoms with van der Waals surface area (Å²) in [6, 6.07) is 0. The summed E-state index contributed by atoms with van der Waals surface area (Å²) in [5.74, 6) is -0.624. The van der Waals surface area contributed by atoms with Crippen LogP contribution in [0.15, 0.2) is 24.3 Å². The molecular weight excluding hydrogens is 725 g/mol. The molecule has 0 aromatic rings. The molecule has 328 valence electrons. The highest BCUT2D eigenvalue weighted by molar-refractivity contribution is 7.80. The summed E-state index contributed by atoms with van der Waals surface area (Å²) in [5, 5.41) is 21.6. The Kier molecular flexibility index (Phi) is 42.5. The van der Waals surface area contributed by atoms with E-state index in [1.165, 1.54) is 103 Å². The number of unbranched alkanes of at least 4 members (excludes halogenated alkanes) is 22. The summed E-state index contributed by atoms with van der Waals surface area (Å²) >= 11 is 5.32. The van der Waals surface area contributed by atoms with Gasteiger partial charge in [0.05, 0.1) is 13.2 Å². The zero-order chi connectivity index (χ0) is 41.0. The van der Waals surface area contributed by atoms with Gasteiger partial charge in [0.25, 0.3) is 5.17 Å². The second kappa shape index (κ2) is 44.1. The van der Waals surface area contributed by atoms with Gasteiger partial charge in [-0.25, -0.2) is 0 Å². The van der Waals surface area contributed by atoms with Gasteiger partial charge in [0.1, 0.15) is 13.2 Å². The molecule has 0 aliphatic carbocycles. The molecular formula is C46H86N2O7S. The summed E-state index contributed by atoms with van der Waals surface area (Å²) in [4.78, 5) is 27.2. The van der Waals surface area contributed by atoms with E-state index in [9.17, 15) is 19.8 Å². The third-order valence-electron chi connectivity index (χ3n) is 9.94. The quantitative estimate of drug-likeness (QED) is 0.0238. The summed E-state index contributed by atoms with van der Waals surface area (Å²) in [6.07, 6.45) is 40.3. The van der Waals surface area contributed by atoms with Gasteiger partial charge in [-0.3, -0.25) is 14.5 Å². The minimum Gasteiger partial charge on any atom is -0.467 e. The SMILES string of the molecule is CCCCCCCC/C=C\CCCCCCCC(=O)OCC(COC(=S)NCCN(CCO)CCO)OC(=O)CCCCCCC/C=C\CCCCCCCC. The van der Waals surface area contributed by atoms with Crippen molar-refractivity contribution >= 4 is 29.3 Å². The lowest BCUT2D eigenvalue weighted by molar-refractivity contribution is -0.161. The van der Waals surface area contributed by atoms with Crippen LogP contribution in [0.25, 0.3) is 0 Å². The van der Waals surface area contributed by atoms with Gasteiger partial charge >= 0.3 is 11.9 Å². The predicted octanol–water partition coefficient (Wildman–Crippen LogP) is 10.7. The molecule has 0 rings (SSSR count). The highest BCUT2D eigenvalue weighted by Gasteiger charge is 2.19. The number of nitrogens with zero attached hydrogens (tertiary/aromatic N) is 1. The number of carbonyl (C=O) groups is 2. The van der Waals surface area contributed by atoms with E-state index in [0.717, 1.165) is 64.2 Å². The van der Waals surface area contributed by atoms with Gasteiger partial charge in [-0.05, 0) is 76.4 Å². The summed E-state index contributed by atoms with van der Waals surface area (Å²) in [5.41, 5.74) is 0. The normalized spacial score (nSPS) is 12.2. The zero-order valence-electron chi connectivity index (χ0n) is 36.1. The number of nitrogens with one attached hydrogen (secondary N) is 1. The molecule has 0 heterocycles. The van der Waals surface area contributed by atoms with Crippen LogP contribution in [0.3, 0.4) is 0 Å². The Morgan fingerprint density at radius 1 is 0.554 bits per heavy atom. The van der Waals surface area contributed by atoms with E-state index in [2.05, 4.69) is 43.5 Å². The fourth-order valence-electron chi connectivity index (χ4n) is 6.45. The van der Waals surface area contributed by atoms with Gasteiger partial charge in [0, 0.05) is 39.0 Å². The first-order chi connectivity index (χ1) is 27.5. The minimum absolute atomic E-state index is 0.000960. The zero-order valence-corrected chi connectivity index (χ0v) is 37.0. The van der Waals surface area contributed by atoms with Gasteiger partial charge < -0.3 is 29.7 Å². The lowest BCUT2D eigenvalue weighted by atomic mass is 10.1. The highest BCUT2D eigenvalue weighted by atomic mass is 32.1. The molecule has 0 saturated carbocycles. The number of hydrogen-bond acceptors (Lipinski definition) is 9. The molecule has 10 heteroatoms. The van der Waals surface area contributed by atoms with Crippen molar-refractivity contribution in [2.24, 2.45) is 0 Å². The first kappa shape index (κ1) is 54.0. The summed E-state index contributed by atoms with van der Waals surface area (Å²) in [7, 11) is 0. The van der Waals surface area contributed by atoms with Crippen LogP contribution in [0, 0.1) is 0 Å². The third-order valence-corrected chi connectivity index (χ3v) is 10.2. The molecule has 0 fully saturated rings. The molecule has 56 heavy (non-hydrogen) atoms. The Morgan fingerprint density at radius 2 is 0.946 bits per heavy atom. The van der Waals surface area contributed by atoms with Gasteiger partial charge in [-0.1, -0.05) is 141 Å². The number of aliphatic hydroxyl groups excluding tert-OH is 2. The molecule has 1 unspecified atom stereocenters. The molecule has 0 radical (unpaired) electrons. The van der Waals surface area contributed by atoms with Crippen LogP contribution < -0.4 is 5.32 Å². The molecule has 0 bridgehead atoms. The number of rotatable bonds is 42. The number of aliphatic hydroxyl groups is 2. The number of carbonyl (C=O) groups excluding carboxylic acids is 2. The second-order valence-electron chi connectivity index (χ2n) is 15.3. The van der Waals surface area contributed by atoms with Crippen molar-refractivity contribution in [1.29, 1.82) is 0 Å². The summed E-state index contributed by atoms with van der Waals surface area (Å²) < 4.78 is 16.9. The van der Waals surface area contributed by atoms with Gasteiger partial charge in [0.15, 0.2) is 6.10 Å². The molecule has 0 aliphatic rings. The van der Waals surface area contributed by atoms with E-state index in [1.807, 2.05) is 4.90 Å². The van der Waals surface area contributed by atoms with Gasteiger partial charge in [-0.2, -0.15) is 0 Å². The molecule has 3 N–H and O–H groups in total. The number of hydrogen-bond donors (Lipinski definition) is 3. The van der Waals surface area contributed by atoms with Crippen LogP contribution in [0.1, 0.15) is 194 Å². The minimum atomic E-state index is -0.760. The molecule has 0 aromatic heterocycles. The number of allylic oxidation sites excluding steroid dienone is 4. The average molecular weight is 811 g/mol. The molecule has 0 spiro atoms. The van der Waals surface area contributed by atoms with Crippen LogP contribution in [0.5, 0.6) is 0 Å². The maximum Gasteiger partial charge on any atom is 0.306 e. The van der Waals surface area contributed by atoms with E-state index in [4.69, 9.17) is 26.4 Å². The van der Waals surface area contributed by atoms with Crippen molar-refractivity contribution in [2.75, 3.05) is 52.6 Å². The van der Waals surface area contributed by atoms with Crippen molar-refractivity contribution in [1.82, 2.24) is 10.2 Å². The van der Waals surface area contributed by atoms with Crippen molar-refractivity contribution in [3.63, 3.8) is 0 Å². The largest absolute Gasteiger partial charge is 0.467 e. The van der Waals surface area contributed by atoms with Crippen LogP contribution in [-0.2, 0) is 23.8 Å². The van der Waals surface area contributed by atoms with E-state index >= 15 is 0 Å². The lowest BCUT2D eigenvalue weighted by Crippen LogP contribution is -2.39. The highest BCUT2D eigenvalue weighted by Crippen LogP contribution is 2.13. The van der Waals surface area contributed by atoms with E-state index in [0.29, 0.717) is 39.0 Å². The van der Waals surface area contributed by atoms with Crippen LogP contribution in [0.2, 0.25) is 0 Å². The fraction of sp³-hybridized carbons (Fsp3) is 0.848. The number of esters is 2. The van der Waals surface area contributed by atoms with Crippen molar-refractivity contribution in [3.8, 4) is 0 Å². The van der Waals surface area contributed by atoms with Crippen molar-refractivity contribution in [2.45, 2.75) is 200 Å². The molecule has 0 amide bonds. The Hall–Kier alpha value is -2.01. The van der Waals surface area contributed by atoms with E-state index in [1.54, 1.807) is 0 Å². The molecule has 0 aromatic carbocycles. The predicted molar refractivity (Wildman–Crippen MR) is 237 cm³/mol. The third kappa shape index (κ3) is 40.2. The monoisotopic (exact) mass is 811 g/mol. The lowest BCUT2D eigenvalue weighted by Gasteiger charge is -2.21. The van der Waals surface area contributed by atoms with Crippen molar-refractivity contribution in [3.05, 3.63) is 24.3 Å². The summed E-state index contributed by atoms with van der Waals surface area (Å²) in [6.45, 7) is 6.34. The van der Waals surface area contributed by atoms with Crippen LogP contribution >= 0.6 is 12.2 Å². The number of thiocarbonyl (C=S) groups is 1. The standard InChI is InChI=1S/C46H86N2O7S/c1-3-5-7-9-11-13-15-17-19-21-23-25-27-29-31-33-44(51)53-41-43(42-54-46(56)47-35-36-48(37-39-49)38-40-50)55-45(52)34-32-30-28-26-24-22-20-18-16-14-12-10-8-6-4-2/h17-20,43,49-50H,3-16,21-42H2,1-2H3,(H,47,56)/b19-17-,20-18-. The molecule has 1 atom stereocenters. The van der Waals surface area contributed by atoms with Gasteiger partial charge in [0.2, 0.25) is 0 Å². The molecule has 0 saturated heterocycles. The molecule has 0 aliphatic heterocycles. The van der Waals surface area contributed by atoms with Gasteiger partial charge in [-0.15, -0.1) is 0 Å². The van der Waals surface area contributed by atoms with E-state index < -0.39 is 6.10 Å². The smallest absolute Gasteiger partial charge is 0.306 e. The Bertz CT molecular complexity index is 942. The average Bonchev–Trinajstić information content (AvgIpc) is 3.19. The van der Waals surface area contributed by atoms with Crippen molar-refractivity contribution < 1.29 is 34.0 Å².